The van der Waals surface area contributed by atoms with Crippen LogP contribution >= 0.6 is 11.6 Å². The molecule has 1 aliphatic carbocycles. The van der Waals surface area contributed by atoms with Gasteiger partial charge in [-0.2, -0.15) is 5.10 Å². The number of rotatable bonds is 6. The van der Waals surface area contributed by atoms with E-state index in [1.165, 1.54) is 6.07 Å². The third-order valence-electron chi connectivity index (χ3n) is 6.43. The molecular formula is C25H26ClFN4O2. The van der Waals surface area contributed by atoms with Crippen molar-refractivity contribution in [1.29, 1.82) is 0 Å². The maximum atomic E-state index is 14.4. The molecule has 1 aliphatic heterocycles. The van der Waals surface area contributed by atoms with E-state index in [0.29, 0.717) is 36.2 Å². The number of ether oxygens (including phenoxy) is 1. The number of morpholine rings is 1. The molecule has 2 aliphatic rings. The molecular weight excluding hydrogens is 443 g/mol. The molecule has 0 bridgehead atoms. The third-order valence-corrected chi connectivity index (χ3v) is 6.78. The molecule has 33 heavy (non-hydrogen) atoms. The van der Waals surface area contributed by atoms with E-state index in [9.17, 15) is 9.18 Å². The number of halogens is 2. The number of nitrogens with one attached hydrogen (secondary N) is 1. The first kappa shape index (κ1) is 22.1. The molecule has 5 rings (SSSR count). The van der Waals surface area contributed by atoms with Gasteiger partial charge in [-0.25, -0.2) is 9.07 Å². The highest BCUT2D eigenvalue weighted by atomic mass is 35.5. The molecule has 1 atom stereocenters. The Morgan fingerprint density at radius 2 is 1.88 bits per heavy atom. The van der Waals surface area contributed by atoms with Crippen molar-refractivity contribution >= 4 is 17.5 Å². The Morgan fingerprint density at radius 1 is 1.12 bits per heavy atom. The fraction of sp³-hybridized carbons (Fsp3) is 0.360. The van der Waals surface area contributed by atoms with Crippen LogP contribution in [0.15, 0.2) is 48.5 Å². The van der Waals surface area contributed by atoms with Crippen LogP contribution in [-0.2, 0) is 17.6 Å². The lowest BCUT2D eigenvalue weighted by Gasteiger charge is -2.35. The van der Waals surface area contributed by atoms with Crippen LogP contribution in [0.25, 0.3) is 5.69 Å². The van der Waals surface area contributed by atoms with Crippen molar-refractivity contribution in [3.05, 3.63) is 81.9 Å². The molecule has 8 heteroatoms. The quantitative estimate of drug-likeness (QED) is 0.595. The summed E-state index contributed by atoms with van der Waals surface area (Å²) in [5.41, 5.74) is 3.56. The zero-order valence-corrected chi connectivity index (χ0v) is 19.0. The number of hydrogen-bond acceptors (Lipinski definition) is 4. The number of hydrogen-bond donors (Lipinski definition) is 1. The molecule has 1 saturated heterocycles. The predicted molar refractivity (Wildman–Crippen MR) is 124 cm³/mol. The lowest BCUT2D eigenvalue weighted by Crippen LogP contribution is -2.44. The van der Waals surface area contributed by atoms with Gasteiger partial charge in [-0.3, -0.25) is 9.69 Å². The normalized spacial score (nSPS) is 17.0. The minimum atomic E-state index is -0.354. The number of carbonyl (C=O) groups excluding carboxylic acids is 1. The summed E-state index contributed by atoms with van der Waals surface area (Å²) in [6.07, 6.45) is 2.47. The maximum Gasteiger partial charge on any atom is 0.272 e. The SMILES string of the molecule is O=C(NCC(c1ccccc1Cl)N1CCOCC1)c1nn(-c2ccccc2F)c2c1CCC2. The van der Waals surface area contributed by atoms with E-state index in [0.717, 1.165) is 49.2 Å². The van der Waals surface area contributed by atoms with E-state index in [2.05, 4.69) is 15.3 Å². The molecule has 1 fully saturated rings. The number of para-hydroxylation sites is 1. The Morgan fingerprint density at radius 3 is 2.67 bits per heavy atom. The van der Waals surface area contributed by atoms with Crippen molar-refractivity contribution in [2.75, 3.05) is 32.8 Å². The van der Waals surface area contributed by atoms with Gasteiger partial charge in [0, 0.05) is 35.9 Å². The summed E-state index contributed by atoms with van der Waals surface area (Å²) in [7, 11) is 0. The molecule has 0 radical (unpaired) electrons. The van der Waals surface area contributed by atoms with Gasteiger partial charge < -0.3 is 10.1 Å². The standard InChI is InChI=1S/C25H26ClFN4O2/c26-19-8-2-1-6-17(19)23(30-12-14-33-15-13-30)16-28-25(32)24-18-7-5-11-21(18)31(29-24)22-10-4-3-9-20(22)27/h1-4,6,8-10,23H,5,7,11-16H2,(H,28,32). The second-order valence-corrected chi connectivity index (χ2v) is 8.79. The molecule has 0 spiro atoms. The summed E-state index contributed by atoms with van der Waals surface area (Å²) < 4.78 is 21.6. The van der Waals surface area contributed by atoms with Gasteiger partial charge in [-0.05, 0) is 43.0 Å². The van der Waals surface area contributed by atoms with E-state index in [-0.39, 0.29) is 17.8 Å². The lowest BCUT2D eigenvalue weighted by molar-refractivity contribution is 0.0162. The molecule has 0 saturated carbocycles. The fourth-order valence-electron chi connectivity index (χ4n) is 4.79. The van der Waals surface area contributed by atoms with E-state index in [1.54, 1.807) is 22.9 Å². The Bertz CT molecular complexity index is 1160. The van der Waals surface area contributed by atoms with Gasteiger partial charge in [-0.1, -0.05) is 41.9 Å². The van der Waals surface area contributed by atoms with Crippen LogP contribution < -0.4 is 5.32 Å². The van der Waals surface area contributed by atoms with Crippen molar-refractivity contribution in [2.45, 2.75) is 25.3 Å². The topological polar surface area (TPSA) is 59.4 Å². The van der Waals surface area contributed by atoms with Crippen molar-refractivity contribution < 1.29 is 13.9 Å². The van der Waals surface area contributed by atoms with Gasteiger partial charge in [0.05, 0.1) is 19.3 Å². The van der Waals surface area contributed by atoms with Crippen molar-refractivity contribution in [2.24, 2.45) is 0 Å². The third kappa shape index (κ3) is 4.40. The number of fused-ring (bicyclic) bond motifs is 1. The second kappa shape index (κ2) is 9.63. The van der Waals surface area contributed by atoms with Crippen LogP contribution in [0, 0.1) is 5.82 Å². The van der Waals surface area contributed by atoms with Crippen LogP contribution in [0.1, 0.15) is 39.8 Å². The smallest absolute Gasteiger partial charge is 0.272 e. The van der Waals surface area contributed by atoms with Crippen molar-refractivity contribution in [3.8, 4) is 5.69 Å². The van der Waals surface area contributed by atoms with Crippen LogP contribution in [-0.4, -0.2) is 53.4 Å². The summed E-state index contributed by atoms with van der Waals surface area (Å²) in [5, 5.41) is 8.30. The zero-order valence-electron chi connectivity index (χ0n) is 18.3. The molecule has 3 aromatic rings. The highest BCUT2D eigenvalue weighted by Gasteiger charge is 2.29. The number of amides is 1. The summed E-state index contributed by atoms with van der Waals surface area (Å²) in [6.45, 7) is 3.22. The Kier molecular flexibility index (Phi) is 6.44. The van der Waals surface area contributed by atoms with E-state index in [4.69, 9.17) is 16.3 Å². The Hall–Kier alpha value is -2.74. The second-order valence-electron chi connectivity index (χ2n) is 8.39. The summed E-state index contributed by atoms with van der Waals surface area (Å²) in [5.74, 6) is -0.596. The zero-order chi connectivity index (χ0) is 22.8. The highest BCUT2D eigenvalue weighted by molar-refractivity contribution is 6.31. The summed E-state index contributed by atoms with van der Waals surface area (Å²) in [6, 6.07) is 14.2. The number of carbonyl (C=O) groups is 1. The minimum Gasteiger partial charge on any atom is -0.379 e. The van der Waals surface area contributed by atoms with E-state index >= 15 is 0 Å². The molecule has 2 aromatic carbocycles. The van der Waals surface area contributed by atoms with Crippen LogP contribution in [0.2, 0.25) is 5.02 Å². The average molecular weight is 469 g/mol. The highest BCUT2D eigenvalue weighted by Crippen LogP contribution is 2.30. The molecule has 1 aromatic heterocycles. The Balaban J connectivity index is 1.40. The molecule has 1 unspecified atom stereocenters. The van der Waals surface area contributed by atoms with Gasteiger partial charge >= 0.3 is 0 Å². The fourth-order valence-corrected chi connectivity index (χ4v) is 5.05. The maximum absolute atomic E-state index is 14.4. The molecule has 2 heterocycles. The number of nitrogens with zero attached hydrogens (tertiary/aromatic N) is 3. The van der Waals surface area contributed by atoms with Gasteiger partial charge in [0.1, 0.15) is 11.5 Å². The van der Waals surface area contributed by atoms with E-state index in [1.807, 2.05) is 24.3 Å². The number of aromatic nitrogens is 2. The van der Waals surface area contributed by atoms with Crippen LogP contribution in [0.4, 0.5) is 4.39 Å². The first-order valence-electron chi connectivity index (χ1n) is 11.3. The lowest BCUT2D eigenvalue weighted by atomic mass is 10.0. The molecule has 6 nitrogen and oxygen atoms in total. The van der Waals surface area contributed by atoms with Gasteiger partial charge in [0.25, 0.3) is 5.91 Å². The van der Waals surface area contributed by atoms with Crippen LogP contribution in [0.5, 0.6) is 0 Å². The first-order chi connectivity index (χ1) is 16.1. The van der Waals surface area contributed by atoms with Gasteiger partial charge in [-0.15, -0.1) is 0 Å². The summed E-state index contributed by atoms with van der Waals surface area (Å²) >= 11 is 6.51. The molecule has 1 N–H and O–H groups in total. The monoisotopic (exact) mass is 468 g/mol. The van der Waals surface area contributed by atoms with Crippen molar-refractivity contribution in [1.82, 2.24) is 20.0 Å². The summed E-state index contributed by atoms with van der Waals surface area (Å²) in [4.78, 5) is 15.6. The first-order valence-corrected chi connectivity index (χ1v) is 11.7. The van der Waals surface area contributed by atoms with Gasteiger partial charge in [0.2, 0.25) is 0 Å². The van der Waals surface area contributed by atoms with Crippen molar-refractivity contribution in [3.63, 3.8) is 0 Å². The molecule has 1 amide bonds. The van der Waals surface area contributed by atoms with Gasteiger partial charge in [0.15, 0.2) is 5.69 Å². The predicted octanol–water partition coefficient (Wildman–Crippen LogP) is 3.96. The minimum absolute atomic E-state index is 0.0757. The largest absolute Gasteiger partial charge is 0.379 e. The van der Waals surface area contributed by atoms with E-state index < -0.39 is 0 Å². The van der Waals surface area contributed by atoms with Crippen LogP contribution in [0.3, 0.4) is 0 Å². The molecule has 172 valence electrons. The Labute approximate surface area is 197 Å². The average Bonchev–Trinajstić information content (AvgIpc) is 3.44. The number of benzene rings is 2.